The van der Waals surface area contributed by atoms with Crippen molar-refractivity contribution in [2.45, 2.75) is 52.3 Å². The molecule has 1 N–H and O–H groups in total. The van der Waals surface area contributed by atoms with Crippen molar-refractivity contribution in [3.63, 3.8) is 0 Å². The first kappa shape index (κ1) is 14.2. The van der Waals surface area contributed by atoms with E-state index in [1.54, 1.807) is 0 Å². The van der Waals surface area contributed by atoms with E-state index in [0.29, 0.717) is 12.1 Å². The van der Waals surface area contributed by atoms with Gasteiger partial charge in [-0.3, -0.25) is 4.90 Å². The maximum absolute atomic E-state index is 5.65. The summed E-state index contributed by atoms with van der Waals surface area (Å²) in [4.78, 5) is 2.52. The van der Waals surface area contributed by atoms with Gasteiger partial charge in [-0.25, -0.2) is 0 Å². The Labute approximate surface area is 116 Å². The Hall–Kier alpha value is -1.22. The number of hydrogen-bond donors (Lipinski definition) is 1. The van der Waals surface area contributed by atoms with E-state index < -0.39 is 0 Å². The number of nitrogens with one attached hydrogen (secondary N) is 1. The maximum Gasteiger partial charge on any atom is 0.119 e. The van der Waals surface area contributed by atoms with Crippen molar-refractivity contribution in [2.24, 2.45) is 0 Å². The van der Waals surface area contributed by atoms with Gasteiger partial charge in [0.1, 0.15) is 5.75 Å². The number of nitrogens with zero attached hydrogens (tertiary/aromatic N) is 1. The molecule has 1 aromatic carbocycles. The lowest BCUT2D eigenvalue weighted by Crippen LogP contribution is -2.31. The molecular formula is C16H26N2O. The van der Waals surface area contributed by atoms with E-state index >= 15 is 0 Å². The molecule has 1 saturated heterocycles. The Bertz CT molecular complexity index is 386. The largest absolute Gasteiger partial charge is 0.491 e. The molecule has 19 heavy (non-hydrogen) atoms. The third-order valence-electron chi connectivity index (χ3n) is 3.55. The van der Waals surface area contributed by atoms with Crippen molar-refractivity contribution < 1.29 is 4.74 Å². The van der Waals surface area contributed by atoms with E-state index in [2.05, 4.69) is 36.2 Å². The van der Waals surface area contributed by atoms with Gasteiger partial charge in [-0.15, -0.1) is 0 Å². The van der Waals surface area contributed by atoms with Gasteiger partial charge in [0.25, 0.3) is 0 Å². The van der Waals surface area contributed by atoms with Crippen LogP contribution in [-0.4, -0.2) is 36.2 Å². The normalized spacial score (nSPS) is 20.2. The van der Waals surface area contributed by atoms with Crippen molar-refractivity contribution in [1.82, 2.24) is 4.90 Å². The summed E-state index contributed by atoms with van der Waals surface area (Å²) in [5, 5.41) is 3.61. The molecule has 0 amide bonds. The molecule has 1 aromatic rings. The zero-order valence-corrected chi connectivity index (χ0v) is 12.5. The molecule has 106 valence electrons. The summed E-state index contributed by atoms with van der Waals surface area (Å²) in [6.45, 7) is 11.0. The second-order valence-electron chi connectivity index (χ2n) is 5.91. The van der Waals surface area contributed by atoms with Gasteiger partial charge < -0.3 is 10.1 Å². The highest BCUT2D eigenvalue weighted by Crippen LogP contribution is 2.20. The van der Waals surface area contributed by atoms with Crippen molar-refractivity contribution in [3.8, 4) is 5.75 Å². The van der Waals surface area contributed by atoms with Crippen LogP contribution < -0.4 is 10.1 Å². The lowest BCUT2D eigenvalue weighted by molar-refractivity contribution is 0.242. The molecule has 2 rings (SSSR count). The van der Waals surface area contributed by atoms with Gasteiger partial charge in [0.15, 0.2) is 0 Å². The molecule has 1 atom stereocenters. The van der Waals surface area contributed by atoms with Crippen LogP contribution in [0.5, 0.6) is 5.75 Å². The lowest BCUT2D eigenvalue weighted by atomic mass is 10.2. The van der Waals surface area contributed by atoms with Crippen LogP contribution in [0, 0.1) is 0 Å². The highest BCUT2D eigenvalue weighted by atomic mass is 16.5. The minimum atomic E-state index is 0.230. The molecule has 0 saturated carbocycles. The van der Waals surface area contributed by atoms with Gasteiger partial charge in [-0.05, 0) is 58.4 Å². The molecule has 0 bridgehead atoms. The average molecular weight is 262 g/mol. The highest BCUT2D eigenvalue weighted by molar-refractivity contribution is 5.47. The fraction of sp³-hybridized carbons (Fsp3) is 0.625. The van der Waals surface area contributed by atoms with Crippen LogP contribution in [-0.2, 0) is 0 Å². The molecule has 0 radical (unpaired) electrons. The van der Waals surface area contributed by atoms with Crippen LogP contribution in [0.3, 0.4) is 0 Å². The van der Waals surface area contributed by atoms with Gasteiger partial charge in [0.2, 0.25) is 0 Å². The zero-order chi connectivity index (χ0) is 13.8. The molecule has 0 spiro atoms. The fourth-order valence-electron chi connectivity index (χ4n) is 2.51. The minimum Gasteiger partial charge on any atom is -0.491 e. The smallest absolute Gasteiger partial charge is 0.119 e. The molecule has 1 aliphatic heterocycles. The summed E-state index contributed by atoms with van der Waals surface area (Å²) >= 11 is 0. The first-order chi connectivity index (χ1) is 9.04. The van der Waals surface area contributed by atoms with Gasteiger partial charge in [0.05, 0.1) is 6.10 Å². The average Bonchev–Trinajstić information content (AvgIpc) is 2.80. The second-order valence-corrected chi connectivity index (χ2v) is 5.91. The Kier molecular flexibility index (Phi) is 4.70. The van der Waals surface area contributed by atoms with Crippen LogP contribution in [0.2, 0.25) is 0 Å². The predicted octanol–water partition coefficient (Wildman–Crippen LogP) is 3.37. The number of hydrogen-bond acceptors (Lipinski definition) is 3. The summed E-state index contributed by atoms with van der Waals surface area (Å²) in [7, 11) is 0. The Morgan fingerprint density at radius 1 is 1.16 bits per heavy atom. The van der Waals surface area contributed by atoms with Gasteiger partial charge in [-0.1, -0.05) is 0 Å². The number of anilines is 1. The van der Waals surface area contributed by atoms with E-state index in [9.17, 15) is 0 Å². The molecule has 1 heterocycles. The van der Waals surface area contributed by atoms with Gasteiger partial charge in [-0.2, -0.15) is 0 Å². The van der Waals surface area contributed by atoms with Crippen molar-refractivity contribution in [2.75, 3.05) is 18.4 Å². The van der Waals surface area contributed by atoms with E-state index in [-0.39, 0.29) is 6.10 Å². The molecule has 0 aromatic heterocycles. The molecular weight excluding hydrogens is 236 g/mol. The monoisotopic (exact) mass is 262 g/mol. The molecule has 1 aliphatic rings. The minimum absolute atomic E-state index is 0.230. The van der Waals surface area contributed by atoms with Crippen LogP contribution in [0.4, 0.5) is 5.69 Å². The van der Waals surface area contributed by atoms with Crippen LogP contribution in [0.25, 0.3) is 0 Å². The molecule has 3 nitrogen and oxygen atoms in total. The summed E-state index contributed by atoms with van der Waals surface area (Å²) in [5.74, 6) is 0.941. The lowest BCUT2D eigenvalue weighted by Gasteiger charge is -2.21. The summed E-state index contributed by atoms with van der Waals surface area (Å²) in [6.07, 6.45) is 1.45. The summed E-state index contributed by atoms with van der Waals surface area (Å²) in [6, 6.07) is 9.51. The van der Waals surface area contributed by atoms with E-state index in [1.807, 2.05) is 26.0 Å². The summed E-state index contributed by atoms with van der Waals surface area (Å²) < 4.78 is 5.65. The topological polar surface area (TPSA) is 24.5 Å². The number of benzene rings is 1. The Balaban J connectivity index is 1.86. The zero-order valence-electron chi connectivity index (χ0n) is 12.5. The van der Waals surface area contributed by atoms with Gasteiger partial charge >= 0.3 is 0 Å². The Morgan fingerprint density at radius 2 is 1.84 bits per heavy atom. The second kappa shape index (κ2) is 6.29. The first-order valence-electron chi connectivity index (χ1n) is 7.32. The van der Waals surface area contributed by atoms with E-state index in [1.165, 1.54) is 18.7 Å². The van der Waals surface area contributed by atoms with E-state index in [0.717, 1.165) is 12.3 Å². The molecule has 3 heteroatoms. The number of likely N-dealkylation sites (tertiary alicyclic amines) is 1. The standard InChI is InChI=1S/C16H26N2O/c1-12(2)18-10-9-15(11-18)17-14-5-7-16(8-6-14)19-13(3)4/h5-8,12-13,15,17H,9-11H2,1-4H3. The highest BCUT2D eigenvalue weighted by Gasteiger charge is 2.23. The van der Waals surface area contributed by atoms with Crippen LogP contribution in [0.15, 0.2) is 24.3 Å². The molecule has 1 unspecified atom stereocenters. The molecule has 1 fully saturated rings. The van der Waals surface area contributed by atoms with Crippen LogP contribution in [0.1, 0.15) is 34.1 Å². The maximum atomic E-state index is 5.65. The van der Waals surface area contributed by atoms with Crippen molar-refractivity contribution >= 4 is 5.69 Å². The predicted molar refractivity (Wildman–Crippen MR) is 80.9 cm³/mol. The quantitative estimate of drug-likeness (QED) is 0.880. The SMILES string of the molecule is CC(C)Oc1ccc(NC2CCN(C(C)C)C2)cc1. The number of rotatable bonds is 5. The van der Waals surface area contributed by atoms with Crippen molar-refractivity contribution in [3.05, 3.63) is 24.3 Å². The van der Waals surface area contributed by atoms with Crippen molar-refractivity contribution in [1.29, 1.82) is 0 Å². The Morgan fingerprint density at radius 3 is 2.37 bits per heavy atom. The molecule has 0 aliphatic carbocycles. The van der Waals surface area contributed by atoms with Crippen LogP contribution >= 0.6 is 0 Å². The fourth-order valence-corrected chi connectivity index (χ4v) is 2.51. The summed E-state index contributed by atoms with van der Waals surface area (Å²) in [5.41, 5.74) is 1.19. The third kappa shape index (κ3) is 4.13. The third-order valence-corrected chi connectivity index (χ3v) is 3.55. The van der Waals surface area contributed by atoms with Gasteiger partial charge in [0, 0.05) is 30.9 Å². The first-order valence-corrected chi connectivity index (χ1v) is 7.32. The number of ether oxygens (including phenoxy) is 1. The van der Waals surface area contributed by atoms with E-state index in [4.69, 9.17) is 4.74 Å².